The second-order valence-electron chi connectivity index (χ2n) is 4.87. The number of anilines is 1. The van der Waals surface area contributed by atoms with Crippen LogP contribution in [0.1, 0.15) is 21.5 Å². The second-order valence-corrected chi connectivity index (χ2v) is 4.87. The quantitative estimate of drug-likeness (QED) is 0.497. The van der Waals surface area contributed by atoms with E-state index < -0.39 is 11.6 Å². The number of aryl methyl sites for hydroxylation is 1. The molecule has 0 aliphatic heterocycles. The van der Waals surface area contributed by atoms with Gasteiger partial charge < -0.3 is 15.7 Å². The van der Waals surface area contributed by atoms with Crippen LogP contribution in [0.25, 0.3) is 11.0 Å². The van der Waals surface area contributed by atoms with Crippen molar-refractivity contribution in [3.05, 3.63) is 63.3 Å². The molecule has 1 heterocycles. The third-order valence-electron chi connectivity index (χ3n) is 3.30. The highest BCUT2D eigenvalue weighted by molar-refractivity contribution is 6.11. The Balaban J connectivity index is 2.14. The van der Waals surface area contributed by atoms with Gasteiger partial charge in [0.2, 0.25) is 0 Å². The summed E-state index contributed by atoms with van der Waals surface area (Å²) in [5.41, 5.74) is 7.22. The van der Waals surface area contributed by atoms with Crippen LogP contribution >= 0.6 is 0 Å². The zero-order chi connectivity index (χ0) is 15.1. The Morgan fingerprint density at radius 2 is 1.86 bits per heavy atom. The standard InChI is InChI=1S/C15H12FN3O2/c1-7-4-9(17)6-10(13(7)16)14(20)8-2-3-11-12(5-8)19-15(21)18-11/h2-6H,17H2,1H3,(H2,18,19,21). The minimum absolute atomic E-state index is 0.0790. The van der Waals surface area contributed by atoms with Crippen molar-refractivity contribution in [3.8, 4) is 0 Å². The predicted molar refractivity (Wildman–Crippen MR) is 77.9 cm³/mol. The van der Waals surface area contributed by atoms with Crippen LogP contribution < -0.4 is 11.4 Å². The maximum absolute atomic E-state index is 14.1. The fraction of sp³-hybridized carbons (Fsp3) is 0.0667. The SMILES string of the molecule is Cc1cc(N)cc(C(=O)c2ccc3[nH]c(=O)[nH]c3c2)c1F. The van der Waals surface area contributed by atoms with Crippen molar-refractivity contribution >= 4 is 22.5 Å². The van der Waals surface area contributed by atoms with Crippen LogP contribution in [-0.4, -0.2) is 15.8 Å². The Morgan fingerprint density at radius 1 is 1.14 bits per heavy atom. The number of aromatic nitrogens is 2. The molecule has 0 radical (unpaired) electrons. The number of rotatable bonds is 2. The number of nitrogen functional groups attached to an aromatic ring is 1. The average Bonchev–Trinajstić information content (AvgIpc) is 2.81. The largest absolute Gasteiger partial charge is 0.399 e. The zero-order valence-corrected chi connectivity index (χ0v) is 11.2. The van der Waals surface area contributed by atoms with Gasteiger partial charge in [-0.25, -0.2) is 9.18 Å². The van der Waals surface area contributed by atoms with E-state index in [1.165, 1.54) is 24.3 Å². The van der Waals surface area contributed by atoms with Gasteiger partial charge >= 0.3 is 5.69 Å². The Morgan fingerprint density at radius 3 is 2.62 bits per heavy atom. The molecule has 0 spiro atoms. The molecule has 0 saturated carbocycles. The van der Waals surface area contributed by atoms with Crippen LogP contribution in [0.15, 0.2) is 35.1 Å². The van der Waals surface area contributed by atoms with E-state index in [4.69, 9.17) is 5.73 Å². The third kappa shape index (κ3) is 2.20. The molecule has 1 aromatic heterocycles. The monoisotopic (exact) mass is 285 g/mol. The van der Waals surface area contributed by atoms with Crippen LogP contribution in [0.2, 0.25) is 0 Å². The smallest absolute Gasteiger partial charge is 0.323 e. The minimum atomic E-state index is -0.586. The Bertz CT molecular complexity index is 924. The highest BCUT2D eigenvalue weighted by Crippen LogP contribution is 2.21. The molecule has 3 aromatic rings. The molecule has 0 aliphatic rings. The fourth-order valence-corrected chi connectivity index (χ4v) is 2.29. The summed E-state index contributed by atoms with van der Waals surface area (Å²) in [5, 5.41) is 0. The van der Waals surface area contributed by atoms with E-state index >= 15 is 0 Å². The molecule has 0 saturated heterocycles. The number of hydrogen-bond donors (Lipinski definition) is 3. The number of fused-ring (bicyclic) bond motifs is 1. The number of imidazole rings is 1. The molecule has 106 valence electrons. The maximum atomic E-state index is 14.1. The predicted octanol–water partition coefficient (Wildman–Crippen LogP) is 2.12. The molecule has 6 heteroatoms. The van der Waals surface area contributed by atoms with Crippen molar-refractivity contribution in [3.63, 3.8) is 0 Å². The van der Waals surface area contributed by atoms with Crippen molar-refractivity contribution in [2.45, 2.75) is 6.92 Å². The number of hydrogen-bond acceptors (Lipinski definition) is 3. The maximum Gasteiger partial charge on any atom is 0.323 e. The number of ketones is 1. The number of carbonyl (C=O) groups excluding carboxylic acids is 1. The fourth-order valence-electron chi connectivity index (χ4n) is 2.29. The lowest BCUT2D eigenvalue weighted by atomic mass is 9.99. The summed E-state index contributed by atoms with van der Waals surface area (Å²) >= 11 is 0. The van der Waals surface area contributed by atoms with E-state index in [2.05, 4.69) is 9.97 Å². The van der Waals surface area contributed by atoms with Gasteiger partial charge in [-0.3, -0.25) is 4.79 Å². The van der Waals surface area contributed by atoms with Crippen molar-refractivity contribution < 1.29 is 9.18 Å². The summed E-state index contributed by atoms with van der Waals surface area (Å²) in [5.74, 6) is -1.07. The van der Waals surface area contributed by atoms with Gasteiger partial charge in [-0.1, -0.05) is 0 Å². The lowest BCUT2D eigenvalue weighted by molar-refractivity contribution is 0.103. The normalized spacial score (nSPS) is 11.0. The molecule has 0 fully saturated rings. The number of aromatic amines is 2. The zero-order valence-electron chi connectivity index (χ0n) is 11.2. The van der Waals surface area contributed by atoms with Crippen LogP contribution in [0.3, 0.4) is 0 Å². The van der Waals surface area contributed by atoms with Crippen LogP contribution in [0.5, 0.6) is 0 Å². The minimum Gasteiger partial charge on any atom is -0.399 e. The average molecular weight is 285 g/mol. The molecule has 21 heavy (non-hydrogen) atoms. The number of nitrogens with one attached hydrogen (secondary N) is 2. The van der Waals surface area contributed by atoms with Gasteiger partial charge in [-0.2, -0.15) is 0 Å². The summed E-state index contributed by atoms with van der Waals surface area (Å²) in [6.45, 7) is 1.55. The summed E-state index contributed by atoms with van der Waals surface area (Å²) < 4.78 is 14.1. The van der Waals surface area contributed by atoms with Gasteiger partial charge in [-0.05, 0) is 42.8 Å². The van der Waals surface area contributed by atoms with Gasteiger partial charge in [0.15, 0.2) is 5.78 Å². The molecule has 0 amide bonds. The summed E-state index contributed by atoms with van der Waals surface area (Å²) in [4.78, 5) is 28.8. The number of H-pyrrole nitrogens is 2. The summed E-state index contributed by atoms with van der Waals surface area (Å²) in [6, 6.07) is 7.42. The van der Waals surface area contributed by atoms with Gasteiger partial charge in [0, 0.05) is 11.3 Å². The third-order valence-corrected chi connectivity index (χ3v) is 3.30. The molecule has 5 nitrogen and oxygen atoms in total. The first-order valence-electron chi connectivity index (χ1n) is 6.28. The van der Waals surface area contributed by atoms with E-state index in [9.17, 15) is 14.0 Å². The molecular weight excluding hydrogens is 273 g/mol. The van der Waals surface area contributed by atoms with Crippen LogP contribution in [0.4, 0.5) is 10.1 Å². The number of benzene rings is 2. The van der Waals surface area contributed by atoms with Gasteiger partial charge in [-0.15, -0.1) is 0 Å². The molecule has 4 N–H and O–H groups in total. The number of nitrogens with two attached hydrogens (primary N) is 1. The van der Waals surface area contributed by atoms with Gasteiger partial charge in [0.1, 0.15) is 5.82 Å². The molecule has 0 atom stereocenters. The van der Waals surface area contributed by atoms with Crippen molar-refractivity contribution in [1.82, 2.24) is 9.97 Å². The molecule has 3 rings (SSSR count). The highest BCUT2D eigenvalue weighted by Gasteiger charge is 2.17. The molecular formula is C15H12FN3O2. The van der Waals surface area contributed by atoms with E-state index in [1.807, 2.05) is 0 Å². The Hall–Kier alpha value is -2.89. The van der Waals surface area contributed by atoms with Crippen LogP contribution in [0, 0.1) is 12.7 Å². The highest BCUT2D eigenvalue weighted by atomic mass is 19.1. The van der Waals surface area contributed by atoms with E-state index in [-0.39, 0.29) is 16.8 Å². The lowest BCUT2D eigenvalue weighted by Gasteiger charge is -2.07. The van der Waals surface area contributed by atoms with E-state index in [0.29, 0.717) is 22.3 Å². The summed E-state index contributed by atoms with van der Waals surface area (Å²) in [6.07, 6.45) is 0. The Labute approximate surface area is 118 Å². The first-order chi connectivity index (χ1) is 9.95. The van der Waals surface area contributed by atoms with Crippen molar-refractivity contribution in [2.75, 3.05) is 5.73 Å². The van der Waals surface area contributed by atoms with Crippen molar-refractivity contribution in [2.24, 2.45) is 0 Å². The molecule has 0 aliphatic carbocycles. The van der Waals surface area contributed by atoms with Gasteiger partial charge in [0.25, 0.3) is 0 Å². The first kappa shape index (κ1) is 13.1. The van der Waals surface area contributed by atoms with E-state index in [1.54, 1.807) is 13.0 Å². The van der Waals surface area contributed by atoms with Gasteiger partial charge in [0.05, 0.1) is 16.6 Å². The molecule has 0 bridgehead atoms. The van der Waals surface area contributed by atoms with Crippen LogP contribution in [-0.2, 0) is 0 Å². The number of carbonyl (C=O) groups is 1. The van der Waals surface area contributed by atoms with Crippen molar-refractivity contribution in [1.29, 1.82) is 0 Å². The molecule has 2 aromatic carbocycles. The first-order valence-corrected chi connectivity index (χ1v) is 6.28. The number of halogens is 1. The molecule has 0 unspecified atom stereocenters. The van der Waals surface area contributed by atoms with E-state index in [0.717, 1.165) is 0 Å². The topological polar surface area (TPSA) is 91.7 Å². The Kier molecular flexibility index (Phi) is 2.86. The lowest BCUT2D eigenvalue weighted by Crippen LogP contribution is -2.07. The summed E-state index contributed by atoms with van der Waals surface area (Å²) in [7, 11) is 0. The second kappa shape index (κ2) is 4.59.